The molecule has 0 N–H and O–H groups in total. The normalized spacial score (nSPS) is 13.9. The van der Waals surface area contributed by atoms with Crippen LogP contribution in [-0.4, -0.2) is 29.6 Å². The Morgan fingerprint density at radius 3 is 2.47 bits per heavy atom. The van der Waals surface area contributed by atoms with E-state index in [1.54, 1.807) is 0 Å². The Balaban J connectivity index is 3.55. The van der Waals surface area contributed by atoms with E-state index < -0.39 is 18.8 Å². The first-order chi connectivity index (χ1) is 6.90. The van der Waals surface area contributed by atoms with Crippen molar-refractivity contribution in [3.63, 3.8) is 0 Å². The van der Waals surface area contributed by atoms with Gasteiger partial charge in [0.25, 0.3) is 0 Å². The zero-order chi connectivity index (χ0) is 11.9. The summed E-state index contributed by atoms with van der Waals surface area (Å²) in [7, 11) is 0. The Hall–Kier alpha value is -0.260. The van der Waals surface area contributed by atoms with Crippen LogP contribution in [0.25, 0.3) is 0 Å². The molecular formula is C9H14F4OS. The molecule has 0 amide bonds. The monoisotopic (exact) mass is 246 g/mol. The molecule has 0 aromatic heterocycles. The highest BCUT2D eigenvalue weighted by Crippen LogP contribution is 2.26. The largest absolute Gasteiger partial charge is 0.306 e. The van der Waals surface area contributed by atoms with Crippen LogP contribution in [0.5, 0.6) is 0 Å². The molecule has 0 saturated heterocycles. The lowest BCUT2D eigenvalue weighted by molar-refractivity contribution is -0.109. The molecule has 1 atom stereocenters. The van der Waals surface area contributed by atoms with Crippen LogP contribution in [0.15, 0.2) is 0 Å². The van der Waals surface area contributed by atoms with Gasteiger partial charge in [-0.25, -0.2) is 17.6 Å². The molecule has 0 spiro atoms. The van der Waals surface area contributed by atoms with Crippen LogP contribution in [0.3, 0.4) is 0 Å². The summed E-state index contributed by atoms with van der Waals surface area (Å²) in [6.45, 7) is -0.559. The van der Waals surface area contributed by atoms with Gasteiger partial charge in [0.2, 0.25) is 0 Å². The SMILES string of the molecule is CC(=O)SCCCCC(F)C(F)(F)CF. The molecule has 0 aromatic rings. The van der Waals surface area contributed by atoms with E-state index >= 15 is 0 Å². The van der Waals surface area contributed by atoms with E-state index in [0.29, 0.717) is 12.2 Å². The predicted molar refractivity (Wildman–Crippen MR) is 52.8 cm³/mol. The minimum Gasteiger partial charge on any atom is -0.288 e. The summed E-state index contributed by atoms with van der Waals surface area (Å²) in [5, 5.41) is -0.0547. The van der Waals surface area contributed by atoms with Crippen LogP contribution in [0.1, 0.15) is 26.2 Å². The molecule has 0 bridgehead atoms. The average Bonchev–Trinajstić information content (AvgIpc) is 2.16. The number of hydrogen-bond acceptors (Lipinski definition) is 2. The topological polar surface area (TPSA) is 17.1 Å². The van der Waals surface area contributed by atoms with Gasteiger partial charge < -0.3 is 0 Å². The van der Waals surface area contributed by atoms with Gasteiger partial charge >= 0.3 is 5.92 Å². The smallest absolute Gasteiger partial charge is 0.288 e. The van der Waals surface area contributed by atoms with Crippen LogP contribution in [-0.2, 0) is 4.79 Å². The van der Waals surface area contributed by atoms with Gasteiger partial charge in [-0.1, -0.05) is 11.8 Å². The quantitative estimate of drug-likeness (QED) is 0.506. The molecule has 6 heteroatoms. The lowest BCUT2D eigenvalue weighted by Crippen LogP contribution is -2.32. The Kier molecular flexibility index (Phi) is 6.96. The number of carbonyl (C=O) groups excluding carboxylic acids is 1. The van der Waals surface area contributed by atoms with E-state index in [-0.39, 0.29) is 18.0 Å². The third-order valence-corrected chi connectivity index (χ3v) is 2.69. The first-order valence-corrected chi connectivity index (χ1v) is 5.60. The predicted octanol–water partition coefficient (Wildman–Crippen LogP) is 3.38. The molecule has 0 aromatic carbocycles. The maximum absolute atomic E-state index is 12.7. The van der Waals surface area contributed by atoms with Crippen LogP contribution in [0.2, 0.25) is 0 Å². The van der Waals surface area contributed by atoms with Gasteiger partial charge in [-0.15, -0.1) is 0 Å². The summed E-state index contributed by atoms with van der Waals surface area (Å²) >= 11 is 1.07. The fourth-order valence-electron chi connectivity index (χ4n) is 0.936. The van der Waals surface area contributed by atoms with E-state index in [4.69, 9.17) is 0 Å². The summed E-state index contributed by atoms with van der Waals surface area (Å²) in [4.78, 5) is 10.5. The van der Waals surface area contributed by atoms with Crippen LogP contribution < -0.4 is 0 Å². The Morgan fingerprint density at radius 2 is 2.00 bits per heavy atom. The Morgan fingerprint density at radius 1 is 1.40 bits per heavy atom. The molecule has 0 radical (unpaired) electrons. The second-order valence-corrected chi connectivity index (χ2v) is 4.47. The summed E-state index contributed by atoms with van der Waals surface area (Å²) in [6, 6.07) is 0. The molecule has 1 nitrogen and oxygen atoms in total. The van der Waals surface area contributed by atoms with Gasteiger partial charge in [-0.3, -0.25) is 4.79 Å². The van der Waals surface area contributed by atoms with Crippen molar-refractivity contribution < 1.29 is 22.4 Å². The van der Waals surface area contributed by atoms with E-state index in [0.717, 1.165) is 11.8 Å². The van der Waals surface area contributed by atoms with E-state index in [1.165, 1.54) is 6.92 Å². The standard InChI is InChI=1S/C9H14F4OS/c1-7(14)15-5-3-2-4-8(11)9(12,13)6-10/h8H,2-6H2,1H3. The van der Waals surface area contributed by atoms with Gasteiger partial charge in [0.15, 0.2) is 18.0 Å². The van der Waals surface area contributed by atoms with E-state index in [9.17, 15) is 22.4 Å². The van der Waals surface area contributed by atoms with Crippen LogP contribution >= 0.6 is 11.8 Å². The van der Waals surface area contributed by atoms with Crippen molar-refractivity contribution in [2.45, 2.75) is 38.3 Å². The van der Waals surface area contributed by atoms with Gasteiger partial charge in [0.05, 0.1) is 0 Å². The van der Waals surface area contributed by atoms with Crippen LogP contribution in [0, 0.1) is 0 Å². The number of rotatable bonds is 7. The van der Waals surface area contributed by atoms with Crippen LogP contribution in [0.4, 0.5) is 17.6 Å². The molecule has 90 valence electrons. The van der Waals surface area contributed by atoms with Crippen molar-refractivity contribution in [3.8, 4) is 0 Å². The lowest BCUT2D eigenvalue weighted by Gasteiger charge is -2.16. The fourth-order valence-corrected chi connectivity index (χ4v) is 1.57. The zero-order valence-electron chi connectivity index (χ0n) is 8.44. The molecule has 0 fully saturated rings. The molecule has 0 aliphatic carbocycles. The molecule has 0 aliphatic rings. The average molecular weight is 246 g/mol. The maximum Gasteiger partial charge on any atom is 0.306 e. The van der Waals surface area contributed by atoms with E-state index in [2.05, 4.69) is 0 Å². The van der Waals surface area contributed by atoms with Crippen molar-refractivity contribution in [1.82, 2.24) is 0 Å². The van der Waals surface area contributed by atoms with Gasteiger partial charge in [-0.2, -0.15) is 0 Å². The molecule has 0 saturated carbocycles. The molecular weight excluding hydrogens is 232 g/mol. The molecule has 0 aliphatic heterocycles. The van der Waals surface area contributed by atoms with Crippen molar-refractivity contribution in [2.24, 2.45) is 0 Å². The number of hydrogen-bond donors (Lipinski definition) is 0. The van der Waals surface area contributed by atoms with Crippen molar-refractivity contribution >= 4 is 16.9 Å². The molecule has 15 heavy (non-hydrogen) atoms. The minimum absolute atomic E-state index is 0.0547. The molecule has 1 unspecified atom stereocenters. The first kappa shape index (κ1) is 14.7. The number of alkyl halides is 4. The summed E-state index contributed by atoms with van der Waals surface area (Å²) < 4.78 is 49.1. The maximum atomic E-state index is 12.7. The molecule has 0 rings (SSSR count). The van der Waals surface area contributed by atoms with Crippen molar-refractivity contribution in [3.05, 3.63) is 0 Å². The second kappa shape index (κ2) is 7.09. The highest BCUT2D eigenvalue weighted by Gasteiger charge is 2.39. The minimum atomic E-state index is -3.87. The van der Waals surface area contributed by atoms with Gasteiger partial charge in [-0.05, 0) is 19.3 Å². The highest BCUT2D eigenvalue weighted by atomic mass is 32.2. The number of carbonyl (C=O) groups is 1. The van der Waals surface area contributed by atoms with Gasteiger partial charge in [0, 0.05) is 12.7 Å². The number of thioether (sulfide) groups is 1. The summed E-state index contributed by atoms with van der Waals surface area (Å²) in [5.41, 5.74) is 0. The number of unbranched alkanes of at least 4 members (excludes halogenated alkanes) is 1. The molecule has 0 heterocycles. The fraction of sp³-hybridized carbons (Fsp3) is 0.889. The zero-order valence-corrected chi connectivity index (χ0v) is 9.26. The third kappa shape index (κ3) is 6.76. The lowest BCUT2D eigenvalue weighted by atomic mass is 10.1. The highest BCUT2D eigenvalue weighted by molar-refractivity contribution is 8.13. The second-order valence-electron chi connectivity index (χ2n) is 3.20. The van der Waals surface area contributed by atoms with Crippen molar-refractivity contribution in [1.29, 1.82) is 0 Å². The Labute approximate surface area is 90.6 Å². The first-order valence-electron chi connectivity index (χ1n) is 4.61. The Bertz CT molecular complexity index is 199. The summed E-state index contributed by atoms with van der Waals surface area (Å²) in [6.07, 6.45) is -2.08. The summed E-state index contributed by atoms with van der Waals surface area (Å²) in [5.74, 6) is -3.38. The third-order valence-electron chi connectivity index (χ3n) is 1.79. The number of halogens is 4. The van der Waals surface area contributed by atoms with E-state index in [1.807, 2.05) is 0 Å². The van der Waals surface area contributed by atoms with Gasteiger partial charge in [0.1, 0.15) is 0 Å². The van der Waals surface area contributed by atoms with Crippen molar-refractivity contribution in [2.75, 3.05) is 12.4 Å².